The van der Waals surface area contributed by atoms with Gasteiger partial charge in [0.2, 0.25) is 5.91 Å². The number of ether oxygens (including phenoxy) is 2. The number of aliphatic hydroxyl groups excluding tert-OH is 5. The van der Waals surface area contributed by atoms with Crippen LogP contribution in [0, 0.1) is 0 Å². The van der Waals surface area contributed by atoms with E-state index in [1.807, 2.05) is 0 Å². The fraction of sp³-hybridized carbons (Fsp3) is 0.820. The van der Waals surface area contributed by atoms with Crippen LogP contribution in [0.5, 0.6) is 0 Å². The largest absolute Gasteiger partial charge is 0.394 e. The predicted molar refractivity (Wildman–Crippen MR) is 295 cm³/mol. The van der Waals surface area contributed by atoms with Crippen LogP contribution in [0.25, 0.3) is 0 Å². The van der Waals surface area contributed by atoms with E-state index in [0.29, 0.717) is 12.8 Å². The van der Waals surface area contributed by atoms with Crippen LogP contribution in [0.15, 0.2) is 60.8 Å². The van der Waals surface area contributed by atoms with Crippen LogP contribution in [0.2, 0.25) is 0 Å². The maximum Gasteiger partial charge on any atom is 0.220 e. The van der Waals surface area contributed by atoms with Crippen molar-refractivity contribution in [2.45, 2.75) is 307 Å². The number of rotatable bonds is 50. The molecule has 9 nitrogen and oxygen atoms in total. The summed E-state index contributed by atoms with van der Waals surface area (Å²) in [4.78, 5) is 13.0. The molecule has 0 spiro atoms. The van der Waals surface area contributed by atoms with Gasteiger partial charge in [-0.05, 0) is 57.8 Å². The highest BCUT2D eigenvalue weighted by Crippen LogP contribution is 2.23. The number of carbonyl (C=O) groups is 1. The number of hydrogen-bond acceptors (Lipinski definition) is 8. The number of nitrogens with one attached hydrogen (secondary N) is 1. The summed E-state index contributed by atoms with van der Waals surface area (Å²) in [6, 6.07) is -0.718. The molecule has 1 aliphatic rings. The monoisotopic (exact) mass is 986 g/mol. The quantitative estimate of drug-likeness (QED) is 0.0261. The van der Waals surface area contributed by atoms with Crippen molar-refractivity contribution in [2.24, 2.45) is 0 Å². The van der Waals surface area contributed by atoms with Gasteiger partial charge in [0.05, 0.1) is 25.4 Å². The van der Waals surface area contributed by atoms with Crippen LogP contribution >= 0.6 is 0 Å². The molecule has 9 heteroatoms. The normalized spacial score (nSPS) is 19.8. The maximum absolute atomic E-state index is 13.0. The molecule has 0 aliphatic carbocycles. The molecule has 1 amide bonds. The van der Waals surface area contributed by atoms with Gasteiger partial charge in [0.1, 0.15) is 24.4 Å². The van der Waals surface area contributed by atoms with Gasteiger partial charge in [0.15, 0.2) is 6.29 Å². The molecule has 408 valence electrons. The Labute approximate surface area is 430 Å². The summed E-state index contributed by atoms with van der Waals surface area (Å²) in [7, 11) is 0. The van der Waals surface area contributed by atoms with Crippen LogP contribution < -0.4 is 5.32 Å². The van der Waals surface area contributed by atoms with Crippen LogP contribution in [0.1, 0.15) is 264 Å². The zero-order valence-corrected chi connectivity index (χ0v) is 45.3. The molecular formula is C61H111NO8. The fourth-order valence-corrected chi connectivity index (χ4v) is 9.25. The maximum atomic E-state index is 13.0. The first-order chi connectivity index (χ1) is 34.3. The Kier molecular flexibility index (Phi) is 47.5. The Balaban J connectivity index is 2.07. The lowest BCUT2D eigenvalue weighted by Crippen LogP contribution is -2.60. The van der Waals surface area contributed by atoms with Gasteiger partial charge in [-0.2, -0.15) is 0 Å². The smallest absolute Gasteiger partial charge is 0.220 e. The number of amides is 1. The Morgan fingerprint density at radius 1 is 0.500 bits per heavy atom. The van der Waals surface area contributed by atoms with Crippen LogP contribution in [-0.4, -0.2) is 87.5 Å². The van der Waals surface area contributed by atoms with Crippen molar-refractivity contribution in [1.82, 2.24) is 5.32 Å². The average molecular weight is 987 g/mol. The Morgan fingerprint density at radius 2 is 0.886 bits per heavy atom. The summed E-state index contributed by atoms with van der Waals surface area (Å²) in [6.07, 6.45) is 61.2. The lowest BCUT2D eigenvalue weighted by molar-refractivity contribution is -0.302. The van der Waals surface area contributed by atoms with E-state index in [4.69, 9.17) is 9.47 Å². The molecule has 7 unspecified atom stereocenters. The van der Waals surface area contributed by atoms with E-state index in [1.54, 1.807) is 0 Å². The lowest BCUT2D eigenvalue weighted by Gasteiger charge is -2.40. The molecule has 1 rings (SSSR count). The van der Waals surface area contributed by atoms with Crippen LogP contribution in [0.3, 0.4) is 0 Å². The lowest BCUT2D eigenvalue weighted by atomic mass is 9.99. The standard InChI is InChI=1S/C61H111NO8/c1-3-5-7-9-11-13-15-17-18-19-20-21-22-23-24-25-26-27-28-29-30-31-32-33-34-35-36-37-38-39-41-43-45-47-49-51-57(65)62-54(53-69-61-60(68)59(67)58(66)56(52-63)70-61)55(64)50-48-46-44-42-40-16-14-12-10-8-6-4-2/h5,7,11,13,17-18,20-21,23-24,54-56,58-61,63-64,66-68H,3-4,6,8-10,12,14-16,19,22,25-53H2,1-2H3,(H,62,65)/b7-5-,13-11-,18-17-,21-20-,24-23-. The van der Waals surface area contributed by atoms with E-state index in [9.17, 15) is 30.3 Å². The second-order valence-electron chi connectivity index (χ2n) is 20.4. The molecule has 1 fully saturated rings. The van der Waals surface area contributed by atoms with E-state index < -0.39 is 49.5 Å². The van der Waals surface area contributed by atoms with Crippen molar-refractivity contribution in [1.29, 1.82) is 0 Å². The summed E-state index contributed by atoms with van der Waals surface area (Å²) in [5.41, 5.74) is 0. The molecule has 6 N–H and O–H groups in total. The number of allylic oxidation sites excluding steroid dienone is 10. The van der Waals surface area contributed by atoms with E-state index in [1.165, 1.54) is 167 Å². The van der Waals surface area contributed by atoms with Crippen LogP contribution in [-0.2, 0) is 14.3 Å². The summed E-state index contributed by atoms with van der Waals surface area (Å²) in [6.45, 7) is 3.73. The molecule has 0 saturated carbocycles. The molecule has 0 aromatic rings. The molecule has 1 aliphatic heterocycles. The average Bonchev–Trinajstić information content (AvgIpc) is 3.36. The van der Waals surface area contributed by atoms with Gasteiger partial charge in [-0.25, -0.2) is 0 Å². The van der Waals surface area contributed by atoms with Gasteiger partial charge in [-0.3, -0.25) is 4.79 Å². The zero-order chi connectivity index (χ0) is 50.8. The second kappa shape index (κ2) is 50.4. The second-order valence-corrected chi connectivity index (χ2v) is 20.4. The first kappa shape index (κ1) is 65.9. The molecule has 0 aromatic heterocycles. The van der Waals surface area contributed by atoms with E-state index >= 15 is 0 Å². The molecule has 0 radical (unpaired) electrons. The van der Waals surface area contributed by atoms with Crippen molar-refractivity contribution in [3.63, 3.8) is 0 Å². The van der Waals surface area contributed by atoms with Gasteiger partial charge >= 0.3 is 0 Å². The number of unbranched alkanes of at least 4 members (excludes halogenated alkanes) is 30. The minimum atomic E-state index is -1.55. The minimum absolute atomic E-state index is 0.136. The van der Waals surface area contributed by atoms with E-state index in [-0.39, 0.29) is 12.5 Å². The summed E-state index contributed by atoms with van der Waals surface area (Å²) < 4.78 is 11.3. The van der Waals surface area contributed by atoms with Crippen molar-refractivity contribution in [2.75, 3.05) is 13.2 Å². The highest BCUT2D eigenvalue weighted by Gasteiger charge is 2.44. The Morgan fingerprint density at radius 3 is 1.31 bits per heavy atom. The first-order valence-corrected chi connectivity index (χ1v) is 29.5. The molecule has 7 atom stereocenters. The number of carbonyl (C=O) groups excluding carboxylic acids is 1. The minimum Gasteiger partial charge on any atom is -0.394 e. The molecular weight excluding hydrogens is 875 g/mol. The highest BCUT2D eigenvalue weighted by atomic mass is 16.7. The third kappa shape index (κ3) is 39.4. The molecule has 70 heavy (non-hydrogen) atoms. The van der Waals surface area contributed by atoms with E-state index in [2.05, 4.69) is 79.9 Å². The number of hydrogen-bond donors (Lipinski definition) is 6. The third-order valence-electron chi connectivity index (χ3n) is 13.9. The molecule has 1 heterocycles. The third-order valence-corrected chi connectivity index (χ3v) is 13.9. The van der Waals surface area contributed by atoms with Gasteiger partial charge in [0, 0.05) is 6.42 Å². The molecule has 1 saturated heterocycles. The van der Waals surface area contributed by atoms with Crippen molar-refractivity contribution in [3.05, 3.63) is 60.8 Å². The Hall–Kier alpha value is -2.11. The molecule has 0 aromatic carbocycles. The number of aliphatic hydroxyl groups is 5. The highest BCUT2D eigenvalue weighted by molar-refractivity contribution is 5.76. The van der Waals surface area contributed by atoms with Crippen molar-refractivity contribution >= 4 is 5.91 Å². The first-order valence-electron chi connectivity index (χ1n) is 29.5. The SMILES string of the molecule is CC/C=C\C/C=C\C/C=C\C/C=C\C/C=C\CCCCCCCCCCCCCCCCCCCCCC(=O)NC(COC1OC(CO)C(O)C(O)C1O)C(O)CCCCCCCCCCCCCC. The van der Waals surface area contributed by atoms with Gasteiger partial charge in [-0.15, -0.1) is 0 Å². The topological polar surface area (TPSA) is 149 Å². The Bertz CT molecular complexity index is 1280. The van der Waals surface area contributed by atoms with Crippen molar-refractivity contribution < 1.29 is 39.8 Å². The zero-order valence-electron chi connectivity index (χ0n) is 45.3. The van der Waals surface area contributed by atoms with Gasteiger partial charge in [-0.1, -0.05) is 261 Å². The summed E-state index contributed by atoms with van der Waals surface area (Å²) in [5, 5.41) is 54.5. The summed E-state index contributed by atoms with van der Waals surface area (Å²) in [5.74, 6) is -0.143. The van der Waals surface area contributed by atoms with Gasteiger partial charge in [0.25, 0.3) is 0 Å². The van der Waals surface area contributed by atoms with Crippen LogP contribution in [0.4, 0.5) is 0 Å². The fourth-order valence-electron chi connectivity index (χ4n) is 9.25. The summed E-state index contributed by atoms with van der Waals surface area (Å²) >= 11 is 0. The van der Waals surface area contributed by atoms with E-state index in [0.717, 1.165) is 70.6 Å². The van der Waals surface area contributed by atoms with Crippen molar-refractivity contribution in [3.8, 4) is 0 Å². The predicted octanol–water partition coefficient (Wildman–Crippen LogP) is 14.7. The molecule has 0 bridgehead atoms. The van der Waals surface area contributed by atoms with Gasteiger partial charge < -0.3 is 40.3 Å².